The summed E-state index contributed by atoms with van der Waals surface area (Å²) in [5.74, 6) is 0.0749. The van der Waals surface area contributed by atoms with Crippen molar-refractivity contribution in [1.29, 1.82) is 0 Å². The maximum Gasteiger partial charge on any atom is 0.407 e. The Labute approximate surface area is 256 Å². The van der Waals surface area contributed by atoms with Crippen LogP contribution in [0.15, 0.2) is 48.5 Å². The van der Waals surface area contributed by atoms with Gasteiger partial charge in [0.1, 0.15) is 6.61 Å². The minimum absolute atomic E-state index is 0.0749. The van der Waals surface area contributed by atoms with Crippen molar-refractivity contribution in [2.75, 3.05) is 39.6 Å². The summed E-state index contributed by atoms with van der Waals surface area (Å²) in [7, 11) is 0. The molecule has 3 rings (SSSR count). The van der Waals surface area contributed by atoms with Crippen LogP contribution in [0.3, 0.4) is 0 Å². The molecule has 234 valence electrons. The molecule has 0 aliphatic heterocycles. The van der Waals surface area contributed by atoms with Gasteiger partial charge in [0.2, 0.25) is 0 Å². The van der Waals surface area contributed by atoms with Crippen molar-refractivity contribution in [2.24, 2.45) is 0 Å². The van der Waals surface area contributed by atoms with E-state index in [2.05, 4.69) is 48.6 Å². The molecule has 1 N–H and O–H groups in total. The predicted molar refractivity (Wildman–Crippen MR) is 174 cm³/mol. The van der Waals surface area contributed by atoms with Crippen LogP contribution < -0.4 is 5.32 Å². The Morgan fingerprint density at radius 3 is 1.57 bits per heavy atom. The molecule has 0 saturated carbocycles. The van der Waals surface area contributed by atoms with Crippen molar-refractivity contribution in [3.05, 3.63) is 59.7 Å². The average Bonchev–Trinajstić information content (AvgIpc) is 3.34. The standard InChI is InChI=1S/C37H57NO4/c1-2-3-4-5-6-7-8-9-10-11-12-13-14-15-16-21-27-40-29-30-41-28-26-38-37(39)42-31-36-34-24-19-17-22-32(34)33-23-18-20-25-35(33)36/h17-20,22-25,36H,2-16,21,26-31H2,1H3,(H,38,39). The van der Waals surface area contributed by atoms with E-state index in [9.17, 15) is 4.79 Å². The number of unbranched alkanes of at least 4 members (excludes halogenated alkanes) is 15. The number of ether oxygens (including phenoxy) is 3. The second-order valence-corrected chi connectivity index (χ2v) is 11.8. The van der Waals surface area contributed by atoms with Crippen LogP contribution in [0.2, 0.25) is 0 Å². The minimum Gasteiger partial charge on any atom is -0.449 e. The zero-order chi connectivity index (χ0) is 29.5. The van der Waals surface area contributed by atoms with E-state index in [1.807, 2.05) is 12.1 Å². The average molecular weight is 580 g/mol. The molecule has 0 saturated heterocycles. The summed E-state index contributed by atoms with van der Waals surface area (Å²) < 4.78 is 16.8. The second-order valence-electron chi connectivity index (χ2n) is 11.8. The maximum absolute atomic E-state index is 12.2. The molecule has 2 aromatic rings. The van der Waals surface area contributed by atoms with E-state index >= 15 is 0 Å². The molecule has 5 heteroatoms. The highest BCUT2D eigenvalue weighted by Gasteiger charge is 2.28. The number of amides is 1. The van der Waals surface area contributed by atoms with E-state index in [1.165, 1.54) is 119 Å². The second kappa shape index (κ2) is 22.2. The fraction of sp³-hybridized carbons (Fsp3) is 0.649. The van der Waals surface area contributed by atoms with Gasteiger partial charge in [-0.3, -0.25) is 0 Å². The van der Waals surface area contributed by atoms with Crippen molar-refractivity contribution in [3.8, 4) is 11.1 Å². The zero-order valence-corrected chi connectivity index (χ0v) is 26.4. The highest BCUT2D eigenvalue weighted by atomic mass is 16.5. The van der Waals surface area contributed by atoms with Gasteiger partial charge in [0, 0.05) is 19.1 Å². The van der Waals surface area contributed by atoms with Crippen LogP contribution in [0, 0.1) is 0 Å². The molecule has 0 radical (unpaired) electrons. The lowest BCUT2D eigenvalue weighted by Gasteiger charge is -2.14. The van der Waals surface area contributed by atoms with Crippen molar-refractivity contribution in [3.63, 3.8) is 0 Å². The Morgan fingerprint density at radius 1 is 0.595 bits per heavy atom. The van der Waals surface area contributed by atoms with Crippen LogP contribution in [-0.2, 0) is 14.2 Å². The minimum atomic E-state index is -0.403. The van der Waals surface area contributed by atoms with Gasteiger partial charge >= 0.3 is 6.09 Å². The quantitative estimate of drug-likeness (QED) is 0.119. The van der Waals surface area contributed by atoms with Gasteiger partial charge in [-0.2, -0.15) is 0 Å². The van der Waals surface area contributed by atoms with Gasteiger partial charge in [-0.1, -0.05) is 152 Å². The molecule has 1 amide bonds. The molecule has 0 fully saturated rings. The molecular weight excluding hydrogens is 522 g/mol. The summed E-state index contributed by atoms with van der Waals surface area (Å²) in [5.41, 5.74) is 4.89. The third kappa shape index (κ3) is 13.3. The monoisotopic (exact) mass is 579 g/mol. The summed E-state index contributed by atoms with van der Waals surface area (Å²) in [5, 5.41) is 2.79. The van der Waals surface area contributed by atoms with Gasteiger partial charge in [-0.15, -0.1) is 0 Å². The Bertz CT molecular complexity index is 932. The first-order valence-electron chi connectivity index (χ1n) is 17.1. The van der Waals surface area contributed by atoms with Crippen LogP contribution >= 0.6 is 0 Å². The summed E-state index contributed by atoms with van der Waals surface area (Å²) >= 11 is 0. The third-order valence-corrected chi connectivity index (χ3v) is 8.37. The van der Waals surface area contributed by atoms with E-state index < -0.39 is 6.09 Å². The lowest BCUT2D eigenvalue weighted by molar-refractivity contribution is 0.0468. The van der Waals surface area contributed by atoms with E-state index in [4.69, 9.17) is 14.2 Å². The Kier molecular flexibility index (Phi) is 18.0. The van der Waals surface area contributed by atoms with Gasteiger partial charge in [0.25, 0.3) is 0 Å². The lowest BCUT2D eigenvalue weighted by Crippen LogP contribution is -2.29. The van der Waals surface area contributed by atoms with Crippen LogP contribution in [-0.4, -0.2) is 45.7 Å². The number of nitrogens with one attached hydrogen (secondary N) is 1. The normalized spacial score (nSPS) is 12.3. The van der Waals surface area contributed by atoms with E-state index in [0.29, 0.717) is 33.0 Å². The number of hydrogen-bond acceptors (Lipinski definition) is 4. The van der Waals surface area contributed by atoms with Crippen molar-refractivity contribution in [1.82, 2.24) is 5.32 Å². The highest BCUT2D eigenvalue weighted by Crippen LogP contribution is 2.44. The smallest absolute Gasteiger partial charge is 0.407 e. The van der Waals surface area contributed by atoms with Gasteiger partial charge in [0.15, 0.2) is 0 Å². The fourth-order valence-electron chi connectivity index (χ4n) is 5.95. The number of benzene rings is 2. The van der Waals surface area contributed by atoms with Crippen molar-refractivity contribution >= 4 is 6.09 Å². The zero-order valence-electron chi connectivity index (χ0n) is 26.4. The molecule has 5 nitrogen and oxygen atoms in total. The third-order valence-electron chi connectivity index (χ3n) is 8.37. The molecule has 0 aromatic heterocycles. The van der Waals surface area contributed by atoms with Crippen LogP contribution in [0.1, 0.15) is 127 Å². The van der Waals surface area contributed by atoms with Gasteiger partial charge < -0.3 is 19.5 Å². The first-order valence-corrected chi connectivity index (χ1v) is 17.1. The van der Waals surface area contributed by atoms with Crippen molar-refractivity contribution < 1.29 is 19.0 Å². The molecule has 42 heavy (non-hydrogen) atoms. The number of hydrogen-bond donors (Lipinski definition) is 1. The Hall–Kier alpha value is -2.37. The summed E-state index contributed by atoms with van der Waals surface area (Å²) in [4.78, 5) is 12.2. The van der Waals surface area contributed by atoms with Gasteiger partial charge in [-0.25, -0.2) is 4.79 Å². The molecule has 1 aliphatic carbocycles. The number of fused-ring (bicyclic) bond motifs is 3. The summed E-state index contributed by atoms with van der Waals surface area (Å²) in [6, 6.07) is 16.7. The molecule has 0 heterocycles. The lowest BCUT2D eigenvalue weighted by atomic mass is 9.98. The summed E-state index contributed by atoms with van der Waals surface area (Å²) in [6.45, 7) is 5.44. The largest absolute Gasteiger partial charge is 0.449 e. The van der Waals surface area contributed by atoms with E-state index in [-0.39, 0.29) is 5.92 Å². The SMILES string of the molecule is CCCCCCCCCCCCCCCCCCOCCOCCNC(=O)OCC1c2ccccc2-c2ccccc21. The van der Waals surface area contributed by atoms with Crippen LogP contribution in [0.4, 0.5) is 4.79 Å². The van der Waals surface area contributed by atoms with Gasteiger partial charge in [-0.05, 0) is 28.7 Å². The number of alkyl carbamates (subject to hydrolysis) is 1. The number of carbonyl (C=O) groups is 1. The van der Waals surface area contributed by atoms with Crippen LogP contribution in [0.5, 0.6) is 0 Å². The fourth-order valence-corrected chi connectivity index (χ4v) is 5.95. The summed E-state index contributed by atoms with van der Waals surface area (Å²) in [6.07, 6.45) is 21.7. The molecular formula is C37H57NO4. The van der Waals surface area contributed by atoms with E-state index in [1.54, 1.807) is 0 Å². The Balaban J connectivity index is 1.05. The topological polar surface area (TPSA) is 56.8 Å². The molecule has 0 unspecified atom stereocenters. The molecule has 1 aliphatic rings. The molecule has 2 aromatic carbocycles. The molecule has 0 spiro atoms. The highest BCUT2D eigenvalue weighted by molar-refractivity contribution is 5.79. The predicted octanol–water partition coefficient (Wildman–Crippen LogP) is 9.82. The first-order chi connectivity index (χ1) is 20.8. The van der Waals surface area contributed by atoms with E-state index in [0.717, 1.165) is 13.0 Å². The molecule has 0 bridgehead atoms. The number of rotatable bonds is 25. The van der Waals surface area contributed by atoms with Crippen molar-refractivity contribution in [2.45, 2.75) is 116 Å². The van der Waals surface area contributed by atoms with Gasteiger partial charge in [0.05, 0.1) is 19.8 Å². The first kappa shape index (κ1) is 34.1. The Morgan fingerprint density at radius 2 is 1.05 bits per heavy atom. The number of carbonyl (C=O) groups excluding carboxylic acids is 1. The molecule has 0 atom stereocenters. The van der Waals surface area contributed by atoms with Crippen LogP contribution in [0.25, 0.3) is 11.1 Å². The maximum atomic E-state index is 12.2.